The molecule has 1 fully saturated rings. The third-order valence-corrected chi connectivity index (χ3v) is 6.82. The first-order valence-corrected chi connectivity index (χ1v) is 10.4. The number of benzene rings is 1. The Labute approximate surface area is 159 Å². The number of carbonyl (C=O) groups is 1. The summed E-state index contributed by atoms with van der Waals surface area (Å²) in [6.07, 6.45) is 11.0. The number of halogens is 1. The average molecular weight is 373 g/mol. The quantitative estimate of drug-likeness (QED) is 0.393. The van der Waals surface area contributed by atoms with E-state index in [1.54, 1.807) is 6.08 Å². The Morgan fingerprint density at radius 2 is 1.80 bits per heavy atom. The molecule has 0 amide bonds. The van der Waals surface area contributed by atoms with Crippen molar-refractivity contribution in [2.45, 2.75) is 57.8 Å². The fraction of sp³-hybridized carbons (Fsp3) is 0.409. The van der Waals surface area contributed by atoms with Crippen LogP contribution in [0.3, 0.4) is 0 Å². The lowest BCUT2D eigenvalue weighted by Gasteiger charge is -2.24. The molecule has 0 unspecified atom stereocenters. The van der Waals surface area contributed by atoms with Gasteiger partial charge in [0.05, 0.1) is 0 Å². The van der Waals surface area contributed by atoms with Gasteiger partial charge in [-0.05, 0) is 59.6 Å². The molecule has 1 aromatic heterocycles. The van der Waals surface area contributed by atoms with E-state index in [-0.39, 0.29) is 0 Å². The summed E-state index contributed by atoms with van der Waals surface area (Å²) in [7, 11) is 0. The average Bonchev–Trinajstić information content (AvgIpc) is 3.01. The van der Waals surface area contributed by atoms with E-state index in [0.29, 0.717) is 11.8 Å². The highest BCUT2D eigenvalue weighted by atomic mass is 35.5. The zero-order chi connectivity index (χ0) is 17.8. The van der Waals surface area contributed by atoms with E-state index >= 15 is 0 Å². The maximum absolute atomic E-state index is 11.0. The van der Waals surface area contributed by atoms with Gasteiger partial charge in [-0.1, -0.05) is 62.9 Å². The Morgan fingerprint density at radius 1 is 1.12 bits per heavy atom. The Hall–Kier alpha value is -1.38. The summed E-state index contributed by atoms with van der Waals surface area (Å²) in [5.74, 6) is 1.04. The van der Waals surface area contributed by atoms with Crippen LogP contribution in [0.2, 0.25) is 5.02 Å². The zero-order valence-corrected chi connectivity index (χ0v) is 16.5. The highest BCUT2D eigenvalue weighted by Crippen LogP contribution is 2.48. The summed E-state index contributed by atoms with van der Waals surface area (Å²) in [6, 6.07) is 8.18. The Kier molecular flexibility index (Phi) is 6.14. The second-order valence-corrected chi connectivity index (χ2v) is 8.60. The van der Waals surface area contributed by atoms with Crippen LogP contribution in [0.15, 0.2) is 30.3 Å². The van der Waals surface area contributed by atoms with Crippen LogP contribution >= 0.6 is 22.9 Å². The van der Waals surface area contributed by atoms with Gasteiger partial charge in [0.15, 0.2) is 0 Å². The van der Waals surface area contributed by atoms with Crippen LogP contribution in [0.25, 0.3) is 16.5 Å². The van der Waals surface area contributed by atoms with E-state index < -0.39 is 0 Å². The molecule has 3 rings (SSSR count). The predicted molar refractivity (Wildman–Crippen MR) is 110 cm³/mol. The first-order chi connectivity index (χ1) is 12.1. The molecule has 0 radical (unpaired) electrons. The SMILES string of the molecule is CC(C)c1sc(-c2ccc(Cl)cc2)c(C2CCCCC2)c1/C=C/C=O. The Morgan fingerprint density at radius 3 is 2.40 bits per heavy atom. The van der Waals surface area contributed by atoms with E-state index in [4.69, 9.17) is 11.6 Å². The minimum atomic E-state index is 0.444. The van der Waals surface area contributed by atoms with Crippen molar-refractivity contribution in [3.63, 3.8) is 0 Å². The van der Waals surface area contributed by atoms with Crippen LogP contribution in [0.5, 0.6) is 0 Å². The van der Waals surface area contributed by atoms with Crippen LogP contribution < -0.4 is 0 Å². The number of hydrogen-bond acceptors (Lipinski definition) is 2. The normalized spacial score (nSPS) is 16.0. The van der Waals surface area contributed by atoms with Crippen molar-refractivity contribution in [1.29, 1.82) is 0 Å². The Bertz CT molecular complexity index is 749. The molecule has 1 aliphatic rings. The van der Waals surface area contributed by atoms with Gasteiger partial charge in [0.1, 0.15) is 6.29 Å². The fourth-order valence-corrected chi connectivity index (χ4v) is 5.33. The fourth-order valence-electron chi connectivity index (χ4n) is 3.82. The van der Waals surface area contributed by atoms with E-state index in [1.165, 1.54) is 58.5 Å². The number of rotatable bonds is 5. The van der Waals surface area contributed by atoms with Gasteiger partial charge in [0, 0.05) is 14.8 Å². The molecule has 0 spiro atoms. The second-order valence-electron chi connectivity index (χ2n) is 7.11. The number of aldehydes is 1. The molecule has 0 saturated heterocycles. The van der Waals surface area contributed by atoms with Gasteiger partial charge in [0.2, 0.25) is 0 Å². The summed E-state index contributed by atoms with van der Waals surface area (Å²) < 4.78 is 0. The van der Waals surface area contributed by atoms with E-state index in [2.05, 4.69) is 26.0 Å². The number of allylic oxidation sites excluding steroid dienone is 1. The number of carbonyl (C=O) groups excluding carboxylic acids is 1. The topological polar surface area (TPSA) is 17.1 Å². The maximum atomic E-state index is 11.0. The smallest absolute Gasteiger partial charge is 0.142 e. The van der Waals surface area contributed by atoms with Gasteiger partial charge in [-0.3, -0.25) is 4.79 Å². The molecule has 0 aliphatic heterocycles. The molecule has 2 aromatic rings. The highest BCUT2D eigenvalue weighted by molar-refractivity contribution is 7.16. The lowest BCUT2D eigenvalue weighted by Crippen LogP contribution is -2.06. The van der Waals surface area contributed by atoms with E-state index in [1.807, 2.05) is 29.5 Å². The number of thiophene rings is 1. The third-order valence-electron chi connectivity index (χ3n) is 5.00. The third kappa shape index (κ3) is 4.07. The largest absolute Gasteiger partial charge is 0.299 e. The van der Waals surface area contributed by atoms with Crippen molar-refractivity contribution in [2.24, 2.45) is 0 Å². The number of hydrogen-bond donors (Lipinski definition) is 0. The van der Waals surface area contributed by atoms with Crippen molar-refractivity contribution in [1.82, 2.24) is 0 Å². The van der Waals surface area contributed by atoms with Crippen molar-refractivity contribution in [3.8, 4) is 10.4 Å². The molecule has 1 aromatic carbocycles. The molecule has 132 valence electrons. The van der Waals surface area contributed by atoms with Crippen molar-refractivity contribution < 1.29 is 4.79 Å². The standard InChI is InChI=1S/C22H25ClOS/c1-15(2)21-19(9-6-14-24)20(16-7-4-3-5-8-16)22(25-21)17-10-12-18(23)13-11-17/h6,9-16H,3-5,7-8H2,1-2H3/b9-6+. The minimum Gasteiger partial charge on any atom is -0.299 e. The highest BCUT2D eigenvalue weighted by Gasteiger charge is 2.26. The molecular weight excluding hydrogens is 348 g/mol. The lowest BCUT2D eigenvalue weighted by molar-refractivity contribution is -0.104. The summed E-state index contributed by atoms with van der Waals surface area (Å²) in [5.41, 5.74) is 3.97. The summed E-state index contributed by atoms with van der Waals surface area (Å²) >= 11 is 7.98. The van der Waals surface area contributed by atoms with E-state index in [0.717, 1.165) is 11.3 Å². The van der Waals surface area contributed by atoms with Gasteiger partial charge in [-0.25, -0.2) is 0 Å². The molecule has 3 heteroatoms. The molecule has 1 saturated carbocycles. The molecule has 1 heterocycles. The molecule has 1 nitrogen and oxygen atoms in total. The predicted octanol–water partition coefficient (Wildman–Crippen LogP) is 7.45. The van der Waals surface area contributed by atoms with Crippen molar-refractivity contribution >= 4 is 35.3 Å². The Balaban J connectivity index is 2.19. The van der Waals surface area contributed by atoms with Gasteiger partial charge in [0.25, 0.3) is 0 Å². The summed E-state index contributed by atoms with van der Waals surface area (Å²) in [6.45, 7) is 4.47. The molecular formula is C22H25ClOS. The second kappa shape index (κ2) is 8.33. The molecule has 1 aliphatic carbocycles. The molecule has 0 bridgehead atoms. The van der Waals surface area contributed by atoms with Crippen molar-refractivity contribution in [3.05, 3.63) is 51.4 Å². The van der Waals surface area contributed by atoms with Crippen LogP contribution in [-0.2, 0) is 4.79 Å². The van der Waals surface area contributed by atoms with Crippen LogP contribution in [-0.4, -0.2) is 6.29 Å². The maximum Gasteiger partial charge on any atom is 0.142 e. The van der Waals surface area contributed by atoms with Crippen LogP contribution in [0.4, 0.5) is 0 Å². The van der Waals surface area contributed by atoms with Crippen molar-refractivity contribution in [2.75, 3.05) is 0 Å². The van der Waals surface area contributed by atoms with Gasteiger partial charge in [-0.15, -0.1) is 11.3 Å². The molecule has 25 heavy (non-hydrogen) atoms. The van der Waals surface area contributed by atoms with Crippen LogP contribution in [0.1, 0.15) is 73.8 Å². The van der Waals surface area contributed by atoms with Crippen LogP contribution in [0, 0.1) is 0 Å². The van der Waals surface area contributed by atoms with E-state index in [9.17, 15) is 4.79 Å². The van der Waals surface area contributed by atoms with Gasteiger partial charge in [-0.2, -0.15) is 0 Å². The minimum absolute atomic E-state index is 0.444. The summed E-state index contributed by atoms with van der Waals surface area (Å²) in [5, 5.41) is 0.768. The first-order valence-electron chi connectivity index (χ1n) is 9.16. The first kappa shape index (κ1) is 18.4. The summed E-state index contributed by atoms with van der Waals surface area (Å²) in [4.78, 5) is 13.7. The molecule has 0 atom stereocenters. The van der Waals surface area contributed by atoms with Gasteiger partial charge >= 0.3 is 0 Å². The monoisotopic (exact) mass is 372 g/mol. The lowest BCUT2D eigenvalue weighted by atomic mass is 9.81. The molecule has 0 N–H and O–H groups in total. The van der Waals surface area contributed by atoms with Gasteiger partial charge < -0.3 is 0 Å². The zero-order valence-electron chi connectivity index (χ0n) is 14.9.